The molecule has 4 rings (SSSR count). The first-order chi connectivity index (χ1) is 7.50. The fourth-order valence-corrected chi connectivity index (χ4v) is 5.65. The van der Waals surface area contributed by atoms with Crippen LogP contribution in [0.4, 0.5) is 0 Å². The van der Waals surface area contributed by atoms with Gasteiger partial charge in [0.1, 0.15) is 7.28 Å². The Morgan fingerprint density at radius 1 is 1.00 bits per heavy atom. The highest BCUT2D eigenvalue weighted by molar-refractivity contribution is 6.44. The highest BCUT2D eigenvalue weighted by Gasteiger charge is 2.52. The molecule has 0 unspecified atom stereocenters. The lowest BCUT2D eigenvalue weighted by molar-refractivity contribution is 0.0273. The lowest BCUT2D eigenvalue weighted by atomic mass is 9.30. The molecule has 0 saturated heterocycles. The van der Waals surface area contributed by atoms with Gasteiger partial charge in [-0.05, 0) is 37.0 Å². The van der Waals surface area contributed by atoms with E-state index >= 15 is 0 Å². The maximum Gasteiger partial charge on any atom is 0.134 e. The topological polar surface area (TPSA) is 0 Å². The van der Waals surface area contributed by atoms with Crippen LogP contribution < -0.4 is 0 Å². The van der Waals surface area contributed by atoms with Gasteiger partial charge in [-0.2, -0.15) is 0 Å². The van der Waals surface area contributed by atoms with Crippen LogP contribution in [0.5, 0.6) is 0 Å². The van der Waals surface area contributed by atoms with Gasteiger partial charge in [0.15, 0.2) is 0 Å². The molecule has 4 aliphatic carbocycles. The molecule has 0 aliphatic heterocycles. The Balaban J connectivity index is 1.78. The largest absolute Gasteiger partial charge is 0.134 e. The van der Waals surface area contributed by atoms with E-state index in [9.17, 15) is 0 Å². The molecule has 0 spiro atoms. The molecule has 1 heteroatoms. The van der Waals surface area contributed by atoms with Crippen molar-refractivity contribution in [2.75, 3.05) is 0 Å². The van der Waals surface area contributed by atoms with Crippen LogP contribution in [0.15, 0.2) is 0 Å². The van der Waals surface area contributed by atoms with E-state index in [1.54, 1.807) is 38.5 Å². The van der Waals surface area contributed by atoms with Crippen molar-refractivity contribution in [2.45, 2.75) is 76.3 Å². The van der Waals surface area contributed by atoms with Crippen molar-refractivity contribution in [3.8, 4) is 0 Å². The van der Waals surface area contributed by atoms with Crippen molar-refractivity contribution in [3.05, 3.63) is 0 Å². The van der Waals surface area contributed by atoms with E-state index in [1.165, 1.54) is 13.7 Å². The molecule has 4 aliphatic rings. The summed E-state index contributed by atoms with van der Waals surface area (Å²) in [5.74, 6) is 3.37. The molecule has 0 aromatic carbocycles. The molecule has 0 heterocycles. The first-order valence-corrected chi connectivity index (χ1v) is 7.50. The zero-order valence-corrected chi connectivity index (χ0v) is 11.4. The average molecular weight is 218 g/mol. The first kappa shape index (κ1) is 11.2. The maximum atomic E-state index is 2.49. The smallest absolute Gasteiger partial charge is 0.0668 e. The molecular formula is C15H27B. The van der Waals surface area contributed by atoms with Crippen LogP contribution in [0.3, 0.4) is 0 Å². The number of hydrogen-bond donors (Lipinski definition) is 0. The van der Waals surface area contributed by atoms with Gasteiger partial charge in [-0.3, -0.25) is 0 Å². The fraction of sp³-hybridized carbons (Fsp3) is 1.00. The van der Waals surface area contributed by atoms with Crippen LogP contribution in [0, 0.1) is 17.8 Å². The van der Waals surface area contributed by atoms with E-state index in [2.05, 4.69) is 20.8 Å². The monoisotopic (exact) mass is 218 g/mol. The van der Waals surface area contributed by atoms with Crippen LogP contribution in [-0.4, -0.2) is 7.28 Å². The Bertz CT molecular complexity index is 244. The summed E-state index contributed by atoms with van der Waals surface area (Å²) >= 11 is 0. The number of hydrogen-bond acceptors (Lipinski definition) is 0. The lowest BCUT2D eigenvalue weighted by Crippen LogP contribution is -2.46. The van der Waals surface area contributed by atoms with Crippen molar-refractivity contribution >= 4 is 7.28 Å². The van der Waals surface area contributed by atoms with Gasteiger partial charge in [0, 0.05) is 0 Å². The summed E-state index contributed by atoms with van der Waals surface area (Å²) in [5.41, 5.74) is 0. The quantitative estimate of drug-likeness (QED) is 0.615. The zero-order chi connectivity index (χ0) is 11.4. The minimum Gasteiger partial charge on any atom is -0.0668 e. The second kappa shape index (κ2) is 3.53. The molecule has 90 valence electrons. The number of rotatable bonds is 3. The van der Waals surface area contributed by atoms with E-state index in [1.807, 2.05) is 0 Å². The summed E-state index contributed by atoms with van der Waals surface area (Å²) < 4.78 is 0. The fourth-order valence-electron chi connectivity index (χ4n) is 5.65. The Hall–Kier alpha value is 0.0649. The predicted octanol–water partition coefficient (Wildman–Crippen LogP) is 4.42. The van der Waals surface area contributed by atoms with Crippen molar-refractivity contribution in [1.82, 2.24) is 0 Å². The van der Waals surface area contributed by atoms with Crippen LogP contribution in [0.1, 0.15) is 65.7 Å². The maximum absolute atomic E-state index is 2.49. The van der Waals surface area contributed by atoms with Crippen LogP contribution in [0.25, 0.3) is 0 Å². The average Bonchev–Trinajstić information content (AvgIpc) is 2.13. The first-order valence-electron chi connectivity index (χ1n) is 7.50. The molecule has 0 radical (unpaired) electrons. The van der Waals surface area contributed by atoms with E-state index < -0.39 is 0 Å². The van der Waals surface area contributed by atoms with E-state index in [-0.39, 0.29) is 0 Å². The SMILES string of the molecule is CCC(C)(C)BC12CC3CC(CC(C3)C1)C2. The summed E-state index contributed by atoms with van der Waals surface area (Å²) in [6.45, 7) is 7.36. The Morgan fingerprint density at radius 3 is 1.81 bits per heavy atom. The second-order valence-electron chi connectivity index (χ2n) is 8.11. The molecule has 0 nitrogen and oxygen atoms in total. The lowest BCUT2D eigenvalue weighted by Gasteiger charge is -2.58. The van der Waals surface area contributed by atoms with E-state index in [4.69, 9.17) is 0 Å². The Morgan fingerprint density at radius 2 is 1.44 bits per heavy atom. The summed E-state index contributed by atoms with van der Waals surface area (Å²) in [5, 5.41) is 1.37. The van der Waals surface area contributed by atoms with Crippen molar-refractivity contribution in [3.63, 3.8) is 0 Å². The van der Waals surface area contributed by atoms with E-state index in [0.717, 1.165) is 23.1 Å². The molecule has 0 aromatic heterocycles. The van der Waals surface area contributed by atoms with Crippen molar-refractivity contribution < 1.29 is 0 Å². The second-order valence-corrected chi connectivity index (χ2v) is 8.11. The van der Waals surface area contributed by atoms with E-state index in [0.29, 0.717) is 5.31 Å². The molecular weight excluding hydrogens is 191 g/mol. The Labute approximate surface area is 102 Å². The van der Waals surface area contributed by atoms with Gasteiger partial charge in [0.2, 0.25) is 0 Å². The summed E-state index contributed by atoms with van der Waals surface area (Å²) in [7, 11) is 1.51. The third kappa shape index (κ3) is 1.85. The molecule has 4 saturated carbocycles. The van der Waals surface area contributed by atoms with Crippen molar-refractivity contribution in [2.24, 2.45) is 17.8 Å². The molecule has 0 aromatic rings. The third-order valence-corrected chi connectivity index (χ3v) is 5.98. The Kier molecular flexibility index (Phi) is 2.46. The van der Waals surface area contributed by atoms with Gasteiger partial charge >= 0.3 is 0 Å². The molecule has 16 heavy (non-hydrogen) atoms. The van der Waals surface area contributed by atoms with Gasteiger partial charge in [-0.1, -0.05) is 57.1 Å². The summed E-state index contributed by atoms with van der Waals surface area (Å²) in [6, 6.07) is 0. The minimum absolute atomic E-state index is 0.589. The minimum atomic E-state index is 0.589. The van der Waals surface area contributed by atoms with Crippen LogP contribution in [0.2, 0.25) is 10.6 Å². The van der Waals surface area contributed by atoms with Gasteiger partial charge in [0.25, 0.3) is 0 Å². The molecule has 4 bridgehead atoms. The summed E-state index contributed by atoms with van der Waals surface area (Å²) in [4.78, 5) is 0. The van der Waals surface area contributed by atoms with Gasteiger partial charge in [0.05, 0.1) is 0 Å². The highest BCUT2D eigenvalue weighted by Crippen LogP contribution is 2.65. The van der Waals surface area contributed by atoms with Crippen LogP contribution >= 0.6 is 0 Å². The predicted molar refractivity (Wildman–Crippen MR) is 72.3 cm³/mol. The van der Waals surface area contributed by atoms with Gasteiger partial charge in [-0.15, -0.1) is 0 Å². The van der Waals surface area contributed by atoms with Crippen LogP contribution in [-0.2, 0) is 0 Å². The van der Waals surface area contributed by atoms with Gasteiger partial charge < -0.3 is 0 Å². The standard InChI is InChI=1S/C15H27B/c1-4-14(2,3)16-15-8-11-5-12(9-15)7-13(6-11)10-15/h11-13,16H,4-10H2,1-3H3. The molecule has 0 amide bonds. The third-order valence-electron chi connectivity index (χ3n) is 5.98. The molecule has 0 N–H and O–H groups in total. The van der Waals surface area contributed by atoms with Gasteiger partial charge in [-0.25, -0.2) is 0 Å². The van der Waals surface area contributed by atoms with Crippen molar-refractivity contribution in [1.29, 1.82) is 0 Å². The highest BCUT2D eigenvalue weighted by atomic mass is 14.5. The zero-order valence-electron chi connectivity index (χ0n) is 11.4. The molecule has 0 atom stereocenters. The molecule has 4 fully saturated rings. The summed E-state index contributed by atoms with van der Waals surface area (Å²) in [6.07, 6.45) is 10.9. The normalized spacial score (nSPS) is 46.1.